The van der Waals surface area contributed by atoms with Crippen LogP contribution in [0.3, 0.4) is 0 Å². The molecular formula is C11H14N2O4. The van der Waals surface area contributed by atoms with Crippen LogP contribution in [0.25, 0.3) is 0 Å². The number of aromatic amines is 1. The van der Waals surface area contributed by atoms with E-state index in [1.807, 2.05) is 12.1 Å². The highest BCUT2D eigenvalue weighted by molar-refractivity contribution is 6.03. The van der Waals surface area contributed by atoms with Gasteiger partial charge < -0.3 is 19.8 Å². The molecule has 0 bridgehead atoms. The maximum Gasteiger partial charge on any atom is 0.326 e. The number of nitrogens with one attached hydrogen (secondary N) is 2. The number of rotatable bonds is 4. The summed E-state index contributed by atoms with van der Waals surface area (Å²) in [5.41, 5.74) is -0.292. The van der Waals surface area contributed by atoms with E-state index in [1.165, 1.54) is 7.11 Å². The van der Waals surface area contributed by atoms with E-state index in [-0.39, 0.29) is 19.1 Å². The number of amides is 1. The van der Waals surface area contributed by atoms with Gasteiger partial charge in [0.25, 0.3) is 0 Å². The Balaban J connectivity index is 1.96. The SMILES string of the molecule is COC(=O)C1(C(=O)NCc2ccc[nH]2)COC1. The first-order valence-corrected chi connectivity index (χ1v) is 5.26. The number of esters is 1. The summed E-state index contributed by atoms with van der Waals surface area (Å²) in [6.07, 6.45) is 1.77. The number of methoxy groups -OCH3 is 1. The summed E-state index contributed by atoms with van der Waals surface area (Å²) in [4.78, 5) is 26.4. The molecule has 6 heteroatoms. The maximum atomic E-state index is 11.9. The van der Waals surface area contributed by atoms with E-state index in [9.17, 15) is 9.59 Å². The molecule has 1 aromatic rings. The molecule has 0 unspecified atom stereocenters. The Labute approximate surface area is 98.3 Å². The van der Waals surface area contributed by atoms with Crippen molar-refractivity contribution in [1.82, 2.24) is 10.3 Å². The molecule has 1 fully saturated rings. The van der Waals surface area contributed by atoms with Gasteiger partial charge in [-0.15, -0.1) is 0 Å². The highest BCUT2D eigenvalue weighted by Crippen LogP contribution is 2.29. The Bertz CT molecular complexity index is 409. The molecule has 0 aliphatic carbocycles. The van der Waals surface area contributed by atoms with E-state index >= 15 is 0 Å². The van der Waals surface area contributed by atoms with Gasteiger partial charge in [-0.2, -0.15) is 0 Å². The molecule has 2 N–H and O–H groups in total. The molecule has 0 atom stereocenters. The summed E-state index contributed by atoms with van der Waals surface area (Å²) in [7, 11) is 1.26. The number of hydrogen-bond acceptors (Lipinski definition) is 4. The average molecular weight is 238 g/mol. The summed E-state index contributed by atoms with van der Waals surface area (Å²) in [6, 6.07) is 3.69. The van der Waals surface area contributed by atoms with Crippen molar-refractivity contribution in [3.63, 3.8) is 0 Å². The van der Waals surface area contributed by atoms with Gasteiger partial charge in [0, 0.05) is 11.9 Å². The first kappa shape index (κ1) is 11.7. The summed E-state index contributed by atoms with van der Waals surface area (Å²) >= 11 is 0. The van der Waals surface area contributed by atoms with Crippen LogP contribution in [-0.2, 0) is 25.6 Å². The zero-order valence-electron chi connectivity index (χ0n) is 9.49. The van der Waals surface area contributed by atoms with Crippen molar-refractivity contribution in [3.8, 4) is 0 Å². The third kappa shape index (κ3) is 2.03. The molecule has 6 nitrogen and oxygen atoms in total. The molecule has 92 valence electrons. The van der Waals surface area contributed by atoms with Gasteiger partial charge in [-0.1, -0.05) is 0 Å². The zero-order valence-corrected chi connectivity index (χ0v) is 9.49. The largest absolute Gasteiger partial charge is 0.468 e. The van der Waals surface area contributed by atoms with Crippen LogP contribution in [0.1, 0.15) is 5.69 Å². The van der Waals surface area contributed by atoms with E-state index in [0.29, 0.717) is 6.54 Å². The zero-order chi connectivity index (χ0) is 12.3. The lowest BCUT2D eigenvalue weighted by Gasteiger charge is -2.36. The van der Waals surface area contributed by atoms with Crippen LogP contribution in [0.5, 0.6) is 0 Å². The van der Waals surface area contributed by atoms with Crippen LogP contribution in [0.15, 0.2) is 18.3 Å². The molecule has 2 heterocycles. The van der Waals surface area contributed by atoms with E-state index < -0.39 is 11.4 Å². The van der Waals surface area contributed by atoms with Gasteiger partial charge in [0.2, 0.25) is 5.91 Å². The van der Waals surface area contributed by atoms with Gasteiger partial charge in [0.15, 0.2) is 5.41 Å². The predicted octanol–water partition coefficient (Wildman–Crippen LogP) is -0.180. The monoisotopic (exact) mass is 238 g/mol. The average Bonchev–Trinajstić information content (AvgIpc) is 2.77. The fourth-order valence-electron chi connectivity index (χ4n) is 1.67. The molecule has 0 spiro atoms. The highest BCUT2D eigenvalue weighted by atomic mass is 16.5. The number of carbonyl (C=O) groups excluding carboxylic acids is 2. The minimum absolute atomic E-state index is 0.0796. The Morgan fingerprint density at radius 2 is 2.35 bits per heavy atom. The van der Waals surface area contributed by atoms with Crippen molar-refractivity contribution >= 4 is 11.9 Å². The maximum absolute atomic E-state index is 11.9. The normalized spacial score (nSPS) is 17.0. The van der Waals surface area contributed by atoms with Crippen LogP contribution >= 0.6 is 0 Å². The van der Waals surface area contributed by atoms with Crippen LogP contribution in [-0.4, -0.2) is 37.2 Å². The van der Waals surface area contributed by atoms with Crippen molar-refractivity contribution in [1.29, 1.82) is 0 Å². The molecule has 1 aliphatic heterocycles. The molecule has 1 amide bonds. The second-order valence-electron chi connectivity index (χ2n) is 3.94. The van der Waals surface area contributed by atoms with Gasteiger partial charge in [-0.05, 0) is 12.1 Å². The van der Waals surface area contributed by atoms with Gasteiger partial charge in [-0.3, -0.25) is 9.59 Å². The second-order valence-corrected chi connectivity index (χ2v) is 3.94. The van der Waals surface area contributed by atoms with Crippen LogP contribution in [0, 0.1) is 5.41 Å². The standard InChI is InChI=1S/C11H14N2O4/c1-16-10(15)11(6-17-7-11)9(14)13-5-8-3-2-4-12-8/h2-4,12H,5-7H2,1H3,(H,13,14). The number of aromatic nitrogens is 1. The molecule has 2 rings (SSSR count). The van der Waals surface area contributed by atoms with E-state index in [0.717, 1.165) is 5.69 Å². The van der Waals surface area contributed by atoms with Crippen molar-refractivity contribution in [3.05, 3.63) is 24.0 Å². The molecule has 1 aromatic heterocycles. The fourth-order valence-corrected chi connectivity index (χ4v) is 1.67. The molecular weight excluding hydrogens is 224 g/mol. The van der Waals surface area contributed by atoms with Crippen molar-refractivity contribution in [2.24, 2.45) is 5.41 Å². The lowest BCUT2D eigenvalue weighted by atomic mass is 9.85. The molecule has 0 radical (unpaired) electrons. The summed E-state index contributed by atoms with van der Waals surface area (Å²) in [5, 5.41) is 2.69. The summed E-state index contributed by atoms with van der Waals surface area (Å²) in [5.74, 6) is -0.905. The Hall–Kier alpha value is -1.82. The lowest BCUT2D eigenvalue weighted by molar-refractivity contribution is -0.188. The fraction of sp³-hybridized carbons (Fsp3) is 0.455. The van der Waals surface area contributed by atoms with Crippen molar-refractivity contribution in [2.45, 2.75) is 6.54 Å². The van der Waals surface area contributed by atoms with E-state index in [4.69, 9.17) is 4.74 Å². The molecule has 1 aliphatic rings. The van der Waals surface area contributed by atoms with E-state index in [2.05, 4.69) is 15.0 Å². The first-order valence-electron chi connectivity index (χ1n) is 5.26. The van der Waals surface area contributed by atoms with Gasteiger partial charge in [0.1, 0.15) is 0 Å². The Kier molecular flexibility index (Phi) is 3.14. The van der Waals surface area contributed by atoms with Crippen molar-refractivity contribution < 1.29 is 19.1 Å². The quantitative estimate of drug-likeness (QED) is 0.563. The number of H-pyrrole nitrogens is 1. The van der Waals surface area contributed by atoms with Crippen molar-refractivity contribution in [2.75, 3.05) is 20.3 Å². The predicted molar refractivity (Wildman–Crippen MR) is 57.9 cm³/mol. The van der Waals surface area contributed by atoms with Gasteiger partial charge in [-0.25, -0.2) is 0 Å². The third-order valence-corrected chi connectivity index (χ3v) is 2.81. The minimum atomic E-state index is -1.17. The molecule has 0 aromatic carbocycles. The minimum Gasteiger partial charge on any atom is -0.468 e. The van der Waals surface area contributed by atoms with Crippen LogP contribution in [0.4, 0.5) is 0 Å². The van der Waals surface area contributed by atoms with Crippen LogP contribution < -0.4 is 5.32 Å². The van der Waals surface area contributed by atoms with E-state index in [1.54, 1.807) is 6.20 Å². The molecule has 0 saturated carbocycles. The second kappa shape index (κ2) is 4.58. The smallest absolute Gasteiger partial charge is 0.326 e. The number of ether oxygens (including phenoxy) is 2. The third-order valence-electron chi connectivity index (χ3n) is 2.81. The highest BCUT2D eigenvalue weighted by Gasteiger charge is 2.53. The summed E-state index contributed by atoms with van der Waals surface area (Å²) < 4.78 is 9.58. The van der Waals surface area contributed by atoms with Crippen LogP contribution in [0.2, 0.25) is 0 Å². The topological polar surface area (TPSA) is 80.4 Å². The van der Waals surface area contributed by atoms with Gasteiger partial charge >= 0.3 is 5.97 Å². The lowest BCUT2D eigenvalue weighted by Crippen LogP contribution is -2.59. The summed E-state index contributed by atoms with van der Waals surface area (Å²) in [6.45, 7) is 0.511. The Morgan fingerprint density at radius 1 is 1.59 bits per heavy atom. The molecule has 1 saturated heterocycles. The number of hydrogen-bond donors (Lipinski definition) is 2. The first-order chi connectivity index (χ1) is 8.19. The van der Waals surface area contributed by atoms with Gasteiger partial charge in [0.05, 0.1) is 26.9 Å². The molecule has 17 heavy (non-hydrogen) atoms. The number of carbonyl (C=O) groups is 2. The Morgan fingerprint density at radius 3 is 2.82 bits per heavy atom.